The Morgan fingerprint density at radius 3 is 2.78 bits per heavy atom. The summed E-state index contributed by atoms with van der Waals surface area (Å²) in [5.74, 6) is 0.335. The summed E-state index contributed by atoms with van der Waals surface area (Å²) in [6.45, 7) is 3.99. The average molecular weight is 375 g/mol. The number of carbonyl (C=O) groups excluding carboxylic acids is 1. The Bertz CT molecular complexity index is 714. The molecule has 0 aliphatic carbocycles. The minimum absolute atomic E-state index is 0.0881. The molecule has 0 aromatic heterocycles. The molecule has 1 amide bonds. The van der Waals surface area contributed by atoms with Gasteiger partial charge in [-0.25, -0.2) is 5.43 Å². The number of carbonyl (C=O) groups is 1. The molecular weight excluding hydrogens is 356 g/mol. The Morgan fingerprint density at radius 2 is 2.09 bits per heavy atom. The predicted molar refractivity (Wildman–Crippen MR) is 95.9 cm³/mol. The number of amides is 1. The summed E-state index contributed by atoms with van der Waals surface area (Å²) in [6.07, 6.45) is 2.58. The van der Waals surface area contributed by atoms with Crippen molar-refractivity contribution >= 4 is 28.1 Å². The fourth-order valence-electron chi connectivity index (χ4n) is 1.96. The molecule has 23 heavy (non-hydrogen) atoms. The number of ether oxygens (including phenoxy) is 1. The van der Waals surface area contributed by atoms with E-state index in [4.69, 9.17) is 4.74 Å². The van der Waals surface area contributed by atoms with Gasteiger partial charge >= 0.3 is 0 Å². The van der Waals surface area contributed by atoms with Crippen molar-refractivity contribution in [2.75, 3.05) is 6.61 Å². The zero-order valence-electron chi connectivity index (χ0n) is 13.2. The van der Waals surface area contributed by atoms with Gasteiger partial charge in [0, 0.05) is 0 Å². The summed E-state index contributed by atoms with van der Waals surface area (Å²) in [5, 5.41) is 3.95. The maximum atomic E-state index is 11.8. The van der Waals surface area contributed by atoms with Crippen molar-refractivity contribution in [2.24, 2.45) is 5.10 Å². The highest BCUT2D eigenvalue weighted by Crippen LogP contribution is 2.26. The third kappa shape index (κ3) is 5.21. The Balaban J connectivity index is 1.85. The van der Waals surface area contributed by atoms with Gasteiger partial charge in [0.15, 0.2) is 6.61 Å². The minimum atomic E-state index is -0.304. The molecule has 2 aromatic carbocycles. The molecule has 0 radical (unpaired) electrons. The zero-order chi connectivity index (χ0) is 16.7. The number of hydrogen-bond acceptors (Lipinski definition) is 3. The number of hydrazone groups is 1. The fourth-order valence-corrected chi connectivity index (χ4v) is 2.50. The summed E-state index contributed by atoms with van der Waals surface area (Å²) < 4.78 is 6.33. The lowest BCUT2D eigenvalue weighted by molar-refractivity contribution is -0.123. The van der Waals surface area contributed by atoms with E-state index < -0.39 is 0 Å². The van der Waals surface area contributed by atoms with Crippen molar-refractivity contribution < 1.29 is 9.53 Å². The summed E-state index contributed by atoms with van der Waals surface area (Å²) in [6, 6.07) is 13.6. The lowest BCUT2D eigenvalue weighted by Crippen LogP contribution is -2.24. The van der Waals surface area contributed by atoms with Gasteiger partial charge in [-0.2, -0.15) is 5.10 Å². The molecule has 1 N–H and O–H groups in total. The van der Waals surface area contributed by atoms with Gasteiger partial charge in [0.05, 0.1) is 10.7 Å². The van der Waals surface area contributed by atoms with Crippen LogP contribution in [0.2, 0.25) is 0 Å². The molecule has 0 atom stereocenters. The third-order valence-corrected chi connectivity index (χ3v) is 3.96. The number of benzene rings is 2. The van der Waals surface area contributed by atoms with E-state index in [0.717, 1.165) is 22.0 Å². The van der Waals surface area contributed by atoms with Gasteiger partial charge in [-0.15, -0.1) is 0 Å². The molecule has 0 fully saturated rings. The van der Waals surface area contributed by atoms with Crippen LogP contribution in [-0.4, -0.2) is 18.7 Å². The second-order valence-corrected chi connectivity index (χ2v) is 5.91. The molecule has 4 nitrogen and oxygen atoms in total. The smallest absolute Gasteiger partial charge is 0.277 e. The summed E-state index contributed by atoms with van der Waals surface area (Å²) in [5.41, 5.74) is 5.73. The van der Waals surface area contributed by atoms with Crippen molar-refractivity contribution in [2.45, 2.75) is 20.3 Å². The van der Waals surface area contributed by atoms with Crippen LogP contribution in [0.15, 0.2) is 52.0 Å². The minimum Gasteiger partial charge on any atom is -0.483 e. The Hall–Kier alpha value is -2.14. The van der Waals surface area contributed by atoms with E-state index in [1.165, 1.54) is 5.56 Å². The van der Waals surface area contributed by atoms with Crippen LogP contribution in [0.25, 0.3) is 0 Å². The molecule has 5 heteroatoms. The van der Waals surface area contributed by atoms with Gasteiger partial charge in [-0.05, 0) is 58.1 Å². The number of aryl methyl sites for hydroxylation is 2. The predicted octanol–water partition coefficient (Wildman–Crippen LogP) is 3.85. The summed E-state index contributed by atoms with van der Waals surface area (Å²) in [4.78, 5) is 11.8. The van der Waals surface area contributed by atoms with Crippen LogP contribution in [0.5, 0.6) is 5.75 Å². The molecule has 0 spiro atoms. The van der Waals surface area contributed by atoms with Crippen molar-refractivity contribution in [1.82, 2.24) is 5.43 Å². The highest BCUT2D eigenvalue weighted by atomic mass is 79.9. The molecule has 120 valence electrons. The third-order valence-electron chi connectivity index (χ3n) is 3.34. The normalized spacial score (nSPS) is 10.7. The first kappa shape index (κ1) is 17.2. The second kappa shape index (κ2) is 8.48. The topological polar surface area (TPSA) is 50.7 Å². The number of halogens is 1. The van der Waals surface area contributed by atoms with E-state index in [1.807, 2.05) is 49.4 Å². The molecule has 2 aromatic rings. The Morgan fingerprint density at radius 1 is 1.30 bits per heavy atom. The summed E-state index contributed by atoms with van der Waals surface area (Å²) in [7, 11) is 0. The monoisotopic (exact) mass is 374 g/mol. The molecular formula is C18H19BrN2O2. The zero-order valence-corrected chi connectivity index (χ0v) is 14.8. The highest BCUT2D eigenvalue weighted by molar-refractivity contribution is 9.10. The van der Waals surface area contributed by atoms with Crippen molar-refractivity contribution in [1.29, 1.82) is 0 Å². The second-order valence-electron chi connectivity index (χ2n) is 5.06. The maximum absolute atomic E-state index is 11.8. The molecule has 0 heterocycles. The molecule has 0 saturated carbocycles. The first-order valence-corrected chi connectivity index (χ1v) is 8.18. The standard InChI is InChI=1S/C18H19BrN2O2/c1-3-14-8-9-17(16(19)10-14)23-12-18(22)21-20-11-15-7-5-4-6-13(15)2/h4-11H,3,12H2,1-2H3,(H,21,22). The van der Waals surface area contributed by atoms with Crippen LogP contribution >= 0.6 is 15.9 Å². The van der Waals surface area contributed by atoms with Crippen LogP contribution in [0.4, 0.5) is 0 Å². The van der Waals surface area contributed by atoms with Crippen molar-refractivity contribution in [3.05, 3.63) is 63.6 Å². The van der Waals surface area contributed by atoms with E-state index in [-0.39, 0.29) is 12.5 Å². The average Bonchev–Trinajstić information content (AvgIpc) is 2.55. The van der Waals surface area contributed by atoms with E-state index in [0.29, 0.717) is 5.75 Å². The summed E-state index contributed by atoms with van der Waals surface area (Å²) >= 11 is 3.44. The first-order chi connectivity index (χ1) is 11.1. The largest absolute Gasteiger partial charge is 0.483 e. The van der Waals surface area contributed by atoms with E-state index >= 15 is 0 Å². The van der Waals surface area contributed by atoms with Gasteiger partial charge in [0.2, 0.25) is 0 Å². The van der Waals surface area contributed by atoms with Crippen LogP contribution in [-0.2, 0) is 11.2 Å². The highest BCUT2D eigenvalue weighted by Gasteiger charge is 2.05. The molecule has 0 aliphatic heterocycles. The van der Waals surface area contributed by atoms with Crippen molar-refractivity contribution in [3.8, 4) is 5.75 Å². The number of hydrogen-bond donors (Lipinski definition) is 1. The molecule has 0 unspecified atom stereocenters. The van der Waals surface area contributed by atoms with Gasteiger partial charge in [0.25, 0.3) is 5.91 Å². The molecule has 0 bridgehead atoms. The molecule has 0 aliphatic rings. The van der Waals surface area contributed by atoms with Crippen LogP contribution in [0.3, 0.4) is 0 Å². The maximum Gasteiger partial charge on any atom is 0.277 e. The number of rotatable bonds is 6. The molecule has 0 saturated heterocycles. The first-order valence-electron chi connectivity index (χ1n) is 7.39. The van der Waals surface area contributed by atoms with E-state index in [1.54, 1.807) is 6.21 Å². The quantitative estimate of drug-likeness (QED) is 0.616. The van der Waals surface area contributed by atoms with Gasteiger partial charge in [-0.3, -0.25) is 4.79 Å². The van der Waals surface area contributed by atoms with Gasteiger partial charge < -0.3 is 4.74 Å². The lowest BCUT2D eigenvalue weighted by atomic mass is 10.1. The van der Waals surface area contributed by atoms with Gasteiger partial charge in [0.1, 0.15) is 5.75 Å². The van der Waals surface area contributed by atoms with Crippen LogP contribution in [0.1, 0.15) is 23.6 Å². The van der Waals surface area contributed by atoms with Crippen molar-refractivity contribution in [3.63, 3.8) is 0 Å². The number of nitrogens with one attached hydrogen (secondary N) is 1. The Kier molecular flexibility index (Phi) is 6.35. The van der Waals surface area contributed by atoms with E-state index in [2.05, 4.69) is 33.4 Å². The number of nitrogens with zero attached hydrogens (tertiary/aromatic N) is 1. The molecule has 2 rings (SSSR count). The lowest BCUT2D eigenvalue weighted by Gasteiger charge is -2.08. The van der Waals surface area contributed by atoms with Crippen LogP contribution in [0, 0.1) is 6.92 Å². The van der Waals surface area contributed by atoms with Crippen LogP contribution < -0.4 is 10.2 Å². The Labute approximate surface area is 144 Å². The fraction of sp³-hybridized carbons (Fsp3) is 0.222. The van der Waals surface area contributed by atoms with E-state index in [9.17, 15) is 4.79 Å². The SMILES string of the molecule is CCc1ccc(OCC(=O)NN=Cc2ccccc2C)c(Br)c1. The van der Waals surface area contributed by atoms with Gasteiger partial charge in [-0.1, -0.05) is 37.3 Å².